The van der Waals surface area contributed by atoms with Crippen molar-refractivity contribution in [1.29, 1.82) is 0 Å². The van der Waals surface area contributed by atoms with Crippen molar-refractivity contribution >= 4 is 0 Å². The Morgan fingerprint density at radius 1 is 1.14 bits per heavy atom. The summed E-state index contributed by atoms with van der Waals surface area (Å²) < 4.78 is 11.1. The van der Waals surface area contributed by atoms with Gasteiger partial charge in [0.15, 0.2) is 0 Å². The normalized spacial score (nSPS) is 15.4. The Morgan fingerprint density at radius 3 is 2.43 bits per heavy atom. The molecule has 1 aromatic rings. The largest absolute Gasteiger partial charge is 0.379 e. The molecular weight excluding hydrogens is 262 g/mol. The highest BCUT2D eigenvalue weighted by molar-refractivity contribution is 5.22. The first-order chi connectivity index (χ1) is 10.1. The van der Waals surface area contributed by atoms with E-state index in [1.807, 2.05) is 0 Å². The monoisotopic (exact) mass is 291 g/mol. The van der Waals surface area contributed by atoms with Crippen molar-refractivity contribution in [2.75, 3.05) is 20.3 Å². The summed E-state index contributed by atoms with van der Waals surface area (Å²) in [5.41, 5.74) is 2.54. The van der Waals surface area contributed by atoms with Crippen LogP contribution in [-0.4, -0.2) is 31.9 Å². The number of methoxy groups -OCH3 is 1. The van der Waals surface area contributed by atoms with E-state index in [1.165, 1.54) is 24.0 Å². The van der Waals surface area contributed by atoms with Crippen LogP contribution >= 0.6 is 0 Å². The first kappa shape index (κ1) is 16.5. The van der Waals surface area contributed by atoms with Crippen molar-refractivity contribution in [3.05, 3.63) is 35.4 Å². The van der Waals surface area contributed by atoms with Crippen LogP contribution in [0.1, 0.15) is 44.2 Å². The van der Waals surface area contributed by atoms with Gasteiger partial charge in [0.25, 0.3) is 0 Å². The molecule has 0 heterocycles. The molecule has 0 unspecified atom stereocenters. The van der Waals surface area contributed by atoms with Gasteiger partial charge in [-0.2, -0.15) is 0 Å². The molecule has 1 aliphatic rings. The van der Waals surface area contributed by atoms with E-state index in [-0.39, 0.29) is 5.60 Å². The number of nitrogens with one attached hydrogen (secondary N) is 1. The minimum Gasteiger partial charge on any atom is -0.379 e. The third-order valence-corrected chi connectivity index (χ3v) is 4.12. The number of benzene rings is 1. The zero-order valence-electron chi connectivity index (χ0n) is 13.7. The molecule has 21 heavy (non-hydrogen) atoms. The number of hydrogen-bond donors (Lipinski definition) is 1. The Morgan fingerprint density at radius 2 is 1.81 bits per heavy atom. The van der Waals surface area contributed by atoms with Gasteiger partial charge >= 0.3 is 0 Å². The summed E-state index contributed by atoms with van der Waals surface area (Å²) in [5, 5.41) is 3.54. The van der Waals surface area contributed by atoms with Crippen LogP contribution < -0.4 is 5.32 Å². The summed E-state index contributed by atoms with van der Waals surface area (Å²) in [7, 11) is 1.75. The maximum Gasteiger partial charge on any atom is 0.0716 e. The lowest BCUT2D eigenvalue weighted by Crippen LogP contribution is -2.24. The zero-order valence-corrected chi connectivity index (χ0v) is 13.7. The summed E-state index contributed by atoms with van der Waals surface area (Å²) in [6.45, 7) is 6.67. The Hall–Kier alpha value is -0.900. The van der Waals surface area contributed by atoms with Gasteiger partial charge in [0.2, 0.25) is 0 Å². The van der Waals surface area contributed by atoms with E-state index in [0.29, 0.717) is 6.61 Å². The van der Waals surface area contributed by atoms with Crippen LogP contribution in [0.15, 0.2) is 24.3 Å². The molecule has 1 N–H and O–H groups in total. The predicted octanol–water partition coefficient (Wildman–Crippen LogP) is 3.31. The molecule has 1 fully saturated rings. The highest BCUT2D eigenvalue weighted by atomic mass is 16.5. The molecule has 0 saturated heterocycles. The Bertz CT molecular complexity index is 410. The number of hydrogen-bond acceptors (Lipinski definition) is 3. The average molecular weight is 291 g/mol. The summed E-state index contributed by atoms with van der Waals surface area (Å²) in [6, 6.07) is 9.58. The van der Waals surface area contributed by atoms with Crippen LogP contribution in [0.2, 0.25) is 0 Å². The Balaban J connectivity index is 1.62. The quantitative estimate of drug-likeness (QED) is 0.671. The van der Waals surface area contributed by atoms with Crippen LogP contribution in [0.25, 0.3) is 0 Å². The molecule has 2 rings (SSSR count). The predicted molar refractivity (Wildman–Crippen MR) is 86.5 cm³/mol. The van der Waals surface area contributed by atoms with Crippen molar-refractivity contribution < 1.29 is 9.47 Å². The summed E-state index contributed by atoms with van der Waals surface area (Å²) in [6.07, 6.45) is 4.74. The van der Waals surface area contributed by atoms with Gasteiger partial charge in [-0.15, -0.1) is 0 Å². The molecule has 0 atom stereocenters. The van der Waals surface area contributed by atoms with E-state index in [9.17, 15) is 0 Å². The molecule has 0 spiro atoms. The van der Waals surface area contributed by atoms with Crippen LogP contribution in [0.5, 0.6) is 0 Å². The third-order valence-electron chi connectivity index (χ3n) is 4.12. The summed E-state index contributed by atoms with van der Waals surface area (Å²) in [5.74, 6) is 0. The molecule has 0 radical (unpaired) electrons. The SMILES string of the molecule is COC(C)(C)CCOCc1ccc(CCNC2CC2)cc1. The smallest absolute Gasteiger partial charge is 0.0716 e. The van der Waals surface area contributed by atoms with Crippen molar-refractivity contribution in [3.63, 3.8) is 0 Å². The van der Waals surface area contributed by atoms with E-state index in [2.05, 4.69) is 43.4 Å². The van der Waals surface area contributed by atoms with Gasteiger partial charge in [-0.3, -0.25) is 0 Å². The zero-order chi connectivity index (χ0) is 15.1. The van der Waals surface area contributed by atoms with Crippen LogP contribution in [-0.2, 0) is 22.5 Å². The molecule has 1 saturated carbocycles. The molecule has 3 heteroatoms. The van der Waals surface area contributed by atoms with Gasteiger partial charge in [0.1, 0.15) is 0 Å². The standard InChI is InChI=1S/C18H29NO2/c1-18(2,20-3)11-13-21-14-16-6-4-15(5-7-16)10-12-19-17-8-9-17/h4-7,17,19H,8-14H2,1-3H3. The second-order valence-corrected chi connectivity index (χ2v) is 6.56. The Labute approximate surface area is 129 Å². The topological polar surface area (TPSA) is 30.5 Å². The van der Waals surface area contributed by atoms with Gasteiger partial charge in [-0.25, -0.2) is 0 Å². The molecule has 1 aromatic carbocycles. The van der Waals surface area contributed by atoms with Crippen molar-refractivity contribution in [2.24, 2.45) is 0 Å². The van der Waals surface area contributed by atoms with E-state index in [0.717, 1.165) is 32.0 Å². The van der Waals surface area contributed by atoms with Gasteiger partial charge in [-0.1, -0.05) is 24.3 Å². The van der Waals surface area contributed by atoms with E-state index >= 15 is 0 Å². The van der Waals surface area contributed by atoms with Gasteiger partial charge in [-0.05, 0) is 57.2 Å². The lowest BCUT2D eigenvalue weighted by atomic mass is 10.1. The van der Waals surface area contributed by atoms with Gasteiger partial charge in [0.05, 0.1) is 12.2 Å². The Kier molecular flexibility index (Phi) is 6.22. The minimum atomic E-state index is -0.0988. The highest BCUT2D eigenvalue weighted by Gasteiger charge is 2.19. The minimum absolute atomic E-state index is 0.0988. The van der Waals surface area contributed by atoms with Crippen molar-refractivity contribution in [1.82, 2.24) is 5.32 Å². The van der Waals surface area contributed by atoms with Crippen molar-refractivity contribution in [2.45, 2.75) is 57.8 Å². The molecule has 1 aliphatic carbocycles. The fourth-order valence-electron chi connectivity index (χ4n) is 2.12. The van der Waals surface area contributed by atoms with Crippen LogP contribution in [0.3, 0.4) is 0 Å². The fourth-order valence-corrected chi connectivity index (χ4v) is 2.12. The molecule has 0 aromatic heterocycles. The molecule has 0 bridgehead atoms. The maximum atomic E-state index is 5.73. The van der Waals surface area contributed by atoms with Crippen LogP contribution in [0, 0.1) is 0 Å². The lowest BCUT2D eigenvalue weighted by molar-refractivity contribution is -0.0124. The van der Waals surface area contributed by atoms with Gasteiger partial charge in [0, 0.05) is 19.8 Å². The van der Waals surface area contributed by atoms with Crippen molar-refractivity contribution in [3.8, 4) is 0 Å². The summed E-state index contributed by atoms with van der Waals surface area (Å²) >= 11 is 0. The first-order valence-electron chi connectivity index (χ1n) is 8.03. The molecular formula is C18H29NO2. The maximum absolute atomic E-state index is 5.73. The number of rotatable bonds is 10. The molecule has 0 amide bonds. The van der Waals surface area contributed by atoms with E-state index in [4.69, 9.17) is 9.47 Å². The molecule has 0 aliphatic heterocycles. The van der Waals surface area contributed by atoms with E-state index < -0.39 is 0 Å². The van der Waals surface area contributed by atoms with Gasteiger partial charge < -0.3 is 14.8 Å². The molecule has 118 valence electrons. The lowest BCUT2D eigenvalue weighted by Gasteiger charge is -2.22. The molecule has 3 nitrogen and oxygen atoms in total. The average Bonchev–Trinajstić information content (AvgIpc) is 3.29. The fraction of sp³-hybridized carbons (Fsp3) is 0.667. The number of ether oxygens (including phenoxy) is 2. The second-order valence-electron chi connectivity index (χ2n) is 6.56. The second kappa shape index (κ2) is 7.92. The highest BCUT2D eigenvalue weighted by Crippen LogP contribution is 2.18. The summed E-state index contributed by atoms with van der Waals surface area (Å²) in [4.78, 5) is 0. The first-order valence-corrected chi connectivity index (χ1v) is 8.03. The van der Waals surface area contributed by atoms with E-state index in [1.54, 1.807) is 7.11 Å². The van der Waals surface area contributed by atoms with Crippen LogP contribution in [0.4, 0.5) is 0 Å². The third kappa shape index (κ3) is 6.60.